The Bertz CT molecular complexity index is 327. The molecule has 0 aromatic carbocycles. The highest BCUT2D eigenvalue weighted by molar-refractivity contribution is 5.81. The van der Waals surface area contributed by atoms with Crippen LogP contribution < -0.4 is 0 Å². The summed E-state index contributed by atoms with van der Waals surface area (Å²) in [4.78, 5) is 17.2. The van der Waals surface area contributed by atoms with Crippen molar-refractivity contribution in [2.75, 3.05) is 19.6 Å². The van der Waals surface area contributed by atoms with Gasteiger partial charge in [-0.25, -0.2) is 0 Å². The van der Waals surface area contributed by atoms with Crippen molar-refractivity contribution in [3.05, 3.63) is 0 Å². The number of hydrogen-bond acceptors (Lipinski definition) is 3. The largest absolute Gasteiger partial charge is 0.393 e. The number of amides is 1. The van der Waals surface area contributed by atoms with Gasteiger partial charge in [0, 0.05) is 19.1 Å². The Hall–Kier alpha value is -0.610. The molecule has 1 N–H and O–H groups in total. The van der Waals surface area contributed by atoms with Crippen LogP contribution in [0.4, 0.5) is 0 Å². The lowest BCUT2D eigenvalue weighted by molar-refractivity contribution is -0.138. The predicted octanol–water partition coefficient (Wildman–Crippen LogP) is 2.40. The van der Waals surface area contributed by atoms with E-state index in [1.807, 2.05) is 6.92 Å². The van der Waals surface area contributed by atoms with E-state index < -0.39 is 0 Å². The van der Waals surface area contributed by atoms with E-state index in [4.69, 9.17) is 0 Å². The maximum absolute atomic E-state index is 12.8. The first-order valence-corrected chi connectivity index (χ1v) is 8.82. The number of aliphatic hydroxyl groups excluding tert-OH is 1. The second kappa shape index (κ2) is 8.14. The molecule has 2 rings (SSSR count). The quantitative estimate of drug-likeness (QED) is 0.866. The summed E-state index contributed by atoms with van der Waals surface area (Å²) >= 11 is 0. The maximum Gasteiger partial charge on any atom is 0.239 e. The molecule has 0 spiro atoms. The summed E-state index contributed by atoms with van der Waals surface area (Å²) in [6.07, 6.45) is 8.81. The molecule has 2 fully saturated rings. The van der Waals surface area contributed by atoms with Crippen molar-refractivity contribution < 1.29 is 9.90 Å². The molecule has 3 atom stereocenters. The monoisotopic (exact) mass is 296 g/mol. The molecule has 0 aromatic rings. The molecule has 2 heterocycles. The number of rotatable bonds is 4. The van der Waals surface area contributed by atoms with Crippen LogP contribution in [0.3, 0.4) is 0 Å². The molecule has 2 saturated heterocycles. The van der Waals surface area contributed by atoms with Crippen LogP contribution in [0.25, 0.3) is 0 Å². The SMILES string of the molecule is CC(O)CC1CCCCCN1C(C)C(=O)N1CCCCC1. The summed E-state index contributed by atoms with van der Waals surface area (Å²) in [7, 11) is 0. The minimum absolute atomic E-state index is 0.0371. The van der Waals surface area contributed by atoms with Crippen LogP contribution in [0.2, 0.25) is 0 Å². The third-order valence-corrected chi connectivity index (χ3v) is 5.06. The zero-order valence-corrected chi connectivity index (χ0v) is 13.8. The maximum atomic E-state index is 12.8. The lowest BCUT2D eigenvalue weighted by Gasteiger charge is -2.38. The molecule has 0 aliphatic carbocycles. The molecule has 0 saturated carbocycles. The van der Waals surface area contributed by atoms with Crippen molar-refractivity contribution in [3.8, 4) is 0 Å². The van der Waals surface area contributed by atoms with Gasteiger partial charge in [0.2, 0.25) is 5.91 Å². The van der Waals surface area contributed by atoms with Crippen molar-refractivity contribution in [1.82, 2.24) is 9.80 Å². The highest BCUT2D eigenvalue weighted by Crippen LogP contribution is 2.24. The fourth-order valence-electron chi connectivity index (χ4n) is 3.88. The van der Waals surface area contributed by atoms with Gasteiger partial charge in [0.25, 0.3) is 0 Å². The van der Waals surface area contributed by atoms with Gasteiger partial charge in [0.05, 0.1) is 12.1 Å². The van der Waals surface area contributed by atoms with E-state index in [2.05, 4.69) is 16.7 Å². The number of carbonyl (C=O) groups is 1. The Morgan fingerprint density at radius 3 is 2.33 bits per heavy atom. The van der Waals surface area contributed by atoms with Gasteiger partial charge in [-0.15, -0.1) is 0 Å². The number of nitrogens with zero attached hydrogens (tertiary/aromatic N) is 2. The number of likely N-dealkylation sites (tertiary alicyclic amines) is 2. The van der Waals surface area contributed by atoms with E-state index in [1.54, 1.807) is 0 Å². The molecular formula is C17H32N2O2. The summed E-state index contributed by atoms with van der Waals surface area (Å²) in [6.45, 7) is 6.78. The lowest BCUT2D eigenvalue weighted by atomic mass is 10.0. The first kappa shape index (κ1) is 16.8. The molecule has 2 aliphatic heterocycles. The first-order valence-electron chi connectivity index (χ1n) is 8.82. The fraction of sp³-hybridized carbons (Fsp3) is 0.941. The van der Waals surface area contributed by atoms with Gasteiger partial charge in [0.15, 0.2) is 0 Å². The molecule has 4 heteroatoms. The zero-order valence-electron chi connectivity index (χ0n) is 13.8. The van der Waals surface area contributed by atoms with E-state index in [0.29, 0.717) is 11.9 Å². The molecule has 0 aromatic heterocycles. The topological polar surface area (TPSA) is 43.8 Å². The summed E-state index contributed by atoms with van der Waals surface area (Å²) in [5.74, 6) is 0.298. The first-order chi connectivity index (χ1) is 10.1. The van der Waals surface area contributed by atoms with Gasteiger partial charge in [-0.05, 0) is 58.9 Å². The zero-order chi connectivity index (χ0) is 15.2. The third-order valence-electron chi connectivity index (χ3n) is 5.06. The number of carbonyl (C=O) groups excluding carboxylic acids is 1. The smallest absolute Gasteiger partial charge is 0.239 e. The van der Waals surface area contributed by atoms with Crippen LogP contribution in [0.5, 0.6) is 0 Å². The van der Waals surface area contributed by atoms with Gasteiger partial charge in [-0.2, -0.15) is 0 Å². The van der Waals surface area contributed by atoms with Gasteiger partial charge in [-0.1, -0.05) is 12.8 Å². The number of piperidine rings is 1. The second-order valence-corrected chi connectivity index (χ2v) is 6.89. The van der Waals surface area contributed by atoms with Crippen molar-refractivity contribution in [2.45, 2.75) is 83.4 Å². The highest BCUT2D eigenvalue weighted by Gasteiger charge is 2.32. The van der Waals surface area contributed by atoms with Crippen LogP contribution in [0.15, 0.2) is 0 Å². The van der Waals surface area contributed by atoms with Gasteiger partial charge < -0.3 is 10.0 Å². The summed E-state index contributed by atoms with van der Waals surface area (Å²) < 4.78 is 0. The molecular weight excluding hydrogens is 264 g/mol. The van der Waals surface area contributed by atoms with Gasteiger partial charge >= 0.3 is 0 Å². The molecule has 1 amide bonds. The third kappa shape index (κ3) is 4.68. The van der Waals surface area contributed by atoms with Crippen LogP contribution >= 0.6 is 0 Å². The van der Waals surface area contributed by atoms with Crippen LogP contribution in [0.1, 0.15) is 65.2 Å². The van der Waals surface area contributed by atoms with Crippen LogP contribution in [-0.4, -0.2) is 58.6 Å². The summed E-state index contributed by atoms with van der Waals surface area (Å²) in [5.41, 5.74) is 0. The van der Waals surface area contributed by atoms with Crippen molar-refractivity contribution in [2.24, 2.45) is 0 Å². The van der Waals surface area contributed by atoms with E-state index in [1.165, 1.54) is 25.7 Å². The van der Waals surface area contributed by atoms with E-state index in [0.717, 1.165) is 45.3 Å². The molecule has 2 aliphatic rings. The molecule has 0 bridgehead atoms. The van der Waals surface area contributed by atoms with Crippen molar-refractivity contribution >= 4 is 5.91 Å². The minimum atomic E-state index is -0.284. The number of hydrogen-bond donors (Lipinski definition) is 1. The van der Waals surface area contributed by atoms with E-state index in [9.17, 15) is 9.90 Å². The second-order valence-electron chi connectivity index (χ2n) is 6.89. The van der Waals surface area contributed by atoms with Gasteiger partial charge in [0.1, 0.15) is 0 Å². The molecule has 4 nitrogen and oxygen atoms in total. The van der Waals surface area contributed by atoms with Crippen molar-refractivity contribution in [1.29, 1.82) is 0 Å². The van der Waals surface area contributed by atoms with E-state index >= 15 is 0 Å². The Kier molecular flexibility index (Phi) is 6.49. The van der Waals surface area contributed by atoms with Gasteiger partial charge in [-0.3, -0.25) is 9.69 Å². The number of aliphatic hydroxyl groups is 1. The molecule has 0 radical (unpaired) electrons. The summed E-state index contributed by atoms with van der Waals surface area (Å²) in [6, 6.07) is 0.321. The lowest BCUT2D eigenvalue weighted by Crippen LogP contribution is -2.52. The highest BCUT2D eigenvalue weighted by atomic mass is 16.3. The standard InChI is InChI=1S/C17H32N2O2/c1-14(20)13-16-9-5-3-8-12-19(16)15(2)17(21)18-10-6-4-7-11-18/h14-16,20H,3-13H2,1-2H3. The summed E-state index contributed by atoms with van der Waals surface area (Å²) in [5, 5.41) is 9.76. The Morgan fingerprint density at radius 1 is 1.05 bits per heavy atom. The molecule has 122 valence electrons. The Morgan fingerprint density at radius 2 is 1.67 bits per heavy atom. The van der Waals surface area contributed by atoms with Crippen LogP contribution in [-0.2, 0) is 4.79 Å². The molecule has 21 heavy (non-hydrogen) atoms. The average Bonchev–Trinajstić information content (AvgIpc) is 2.71. The normalized spacial score (nSPS) is 28.0. The predicted molar refractivity (Wildman–Crippen MR) is 85.2 cm³/mol. The van der Waals surface area contributed by atoms with E-state index in [-0.39, 0.29) is 12.1 Å². The fourth-order valence-corrected chi connectivity index (χ4v) is 3.88. The Balaban J connectivity index is 2.01. The minimum Gasteiger partial charge on any atom is -0.393 e. The van der Waals surface area contributed by atoms with Crippen molar-refractivity contribution in [3.63, 3.8) is 0 Å². The molecule has 3 unspecified atom stereocenters. The average molecular weight is 296 g/mol. The van der Waals surface area contributed by atoms with Crippen LogP contribution in [0, 0.1) is 0 Å². The Labute approximate surface area is 129 Å².